The van der Waals surface area contributed by atoms with Crippen molar-refractivity contribution in [3.63, 3.8) is 0 Å². The van der Waals surface area contributed by atoms with Gasteiger partial charge >= 0.3 is 0 Å². The lowest BCUT2D eigenvalue weighted by Gasteiger charge is -2.49. The third-order valence-electron chi connectivity index (χ3n) is 12.1. The second kappa shape index (κ2) is 18.0. The van der Waals surface area contributed by atoms with E-state index in [-0.39, 0.29) is 37.1 Å². The Balaban J connectivity index is 1.21. The van der Waals surface area contributed by atoms with Gasteiger partial charge in [0.1, 0.15) is 0 Å². The molecule has 3 aromatic rings. The van der Waals surface area contributed by atoms with Gasteiger partial charge in [0, 0.05) is 38.0 Å². The van der Waals surface area contributed by atoms with E-state index in [1.54, 1.807) is 39.8 Å². The van der Waals surface area contributed by atoms with E-state index < -0.39 is 6.29 Å². The van der Waals surface area contributed by atoms with Crippen molar-refractivity contribution in [2.24, 2.45) is 11.8 Å². The largest absolute Gasteiger partial charge is 0.493 e. The van der Waals surface area contributed by atoms with Crippen LogP contribution in [0.2, 0.25) is 0 Å². The third-order valence-corrected chi connectivity index (χ3v) is 12.8. The van der Waals surface area contributed by atoms with Crippen molar-refractivity contribution in [1.82, 2.24) is 9.80 Å². The molecule has 55 heavy (non-hydrogen) atoms. The summed E-state index contributed by atoms with van der Waals surface area (Å²) in [5, 5.41) is 13.3. The Morgan fingerprint density at radius 1 is 0.873 bits per heavy atom. The number of benzene rings is 2. The number of carbonyl (C=O) groups is 1. The Hall–Kier alpha value is -3.81. The normalized spacial score (nSPS) is 24.8. The van der Waals surface area contributed by atoms with Crippen molar-refractivity contribution in [3.05, 3.63) is 80.7 Å². The quantitative estimate of drug-likeness (QED) is 0.168. The molecule has 0 bridgehead atoms. The minimum absolute atomic E-state index is 0.0297. The van der Waals surface area contributed by atoms with E-state index in [2.05, 4.69) is 52.9 Å². The van der Waals surface area contributed by atoms with Gasteiger partial charge in [0.05, 0.1) is 60.9 Å². The molecule has 1 amide bonds. The summed E-state index contributed by atoms with van der Waals surface area (Å²) < 4.78 is 41.0. The smallest absolute Gasteiger partial charge is 0.289 e. The van der Waals surface area contributed by atoms with E-state index in [1.165, 1.54) is 16.7 Å². The number of amides is 1. The van der Waals surface area contributed by atoms with Crippen molar-refractivity contribution >= 4 is 17.2 Å². The van der Waals surface area contributed by atoms with Crippen molar-refractivity contribution in [1.29, 1.82) is 0 Å². The van der Waals surface area contributed by atoms with Crippen LogP contribution in [-0.4, -0.2) is 102 Å². The molecule has 5 heterocycles. The Labute approximate surface area is 329 Å². The predicted octanol–water partition coefficient (Wildman–Crippen LogP) is 6.68. The fourth-order valence-corrected chi connectivity index (χ4v) is 9.97. The summed E-state index contributed by atoms with van der Waals surface area (Å²) in [6.45, 7) is 5.70. The summed E-state index contributed by atoms with van der Waals surface area (Å²) >= 11 is 1.64. The summed E-state index contributed by atoms with van der Waals surface area (Å²) in [5.74, 6) is 3.88. The van der Waals surface area contributed by atoms with Crippen LogP contribution in [0.15, 0.2) is 52.9 Å². The van der Waals surface area contributed by atoms with Crippen LogP contribution in [0.25, 0.3) is 0 Å². The molecule has 298 valence electrons. The molecule has 2 aromatic carbocycles. The molecule has 12 heteroatoms. The molecule has 4 aliphatic heterocycles. The number of thiophene rings is 1. The molecule has 0 aliphatic carbocycles. The lowest BCUT2D eigenvalue weighted by molar-refractivity contribution is -0.158. The van der Waals surface area contributed by atoms with E-state index in [1.807, 2.05) is 11.0 Å². The number of hydrogen-bond donors (Lipinski definition) is 1. The molecular formula is C43H56N2O9S. The highest BCUT2D eigenvalue weighted by Gasteiger charge is 2.43. The zero-order chi connectivity index (χ0) is 38.5. The van der Waals surface area contributed by atoms with Gasteiger partial charge in [0.25, 0.3) is 5.91 Å². The van der Waals surface area contributed by atoms with Gasteiger partial charge in [0.15, 0.2) is 28.8 Å². The molecular weight excluding hydrogens is 721 g/mol. The van der Waals surface area contributed by atoms with Gasteiger partial charge in [-0.25, -0.2) is 0 Å². The van der Waals surface area contributed by atoms with Gasteiger partial charge in [-0.1, -0.05) is 13.3 Å². The van der Waals surface area contributed by atoms with Gasteiger partial charge in [-0.2, -0.15) is 11.3 Å². The number of methoxy groups -OCH3 is 4. The maximum Gasteiger partial charge on any atom is 0.289 e. The molecule has 0 spiro atoms. The SMILES string of the molecule is CC[C@H]1CN2CCc3cc(OC)c(OC)cc3[C@@H]2C[C@@H]1C[C@@H]1c2cc(OC)c(OC)cc2CCN1C(=O)C1=C[C@H](c2ccsc2)C[C@H](OCCOCCO)O1. The third kappa shape index (κ3) is 8.34. The van der Waals surface area contributed by atoms with E-state index in [4.69, 9.17) is 38.3 Å². The van der Waals surface area contributed by atoms with Crippen LogP contribution in [0.4, 0.5) is 0 Å². The number of carbonyl (C=O) groups excluding carboxylic acids is 1. The monoisotopic (exact) mass is 776 g/mol. The molecule has 4 aliphatic rings. The van der Waals surface area contributed by atoms with E-state index in [0.29, 0.717) is 61.7 Å². The van der Waals surface area contributed by atoms with E-state index in [9.17, 15) is 4.79 Å². The number of nitrogens with zero attached hydrogens (tertiary/aromatic N) is 2. The second-order valence-corrected chi connectivity index (χ2v) is 15.7. The van der Waals surface area contributed by atoms with Gasteiger partial charge in [0.2, 0.25) is 6.29 Å². The molecule has 11 nitrogen and oxygen atoms in total. The number of fused-ring (bicyclic) bond motifs is 4. The zero-order valence-corrected chi connectivity index (χ0v) is 33.6. The number of hydrogen-bond acceptors (Lipinski definition) is 11. The van der Waals surface area contributed by atoms with Crippen LogP contribution in [-0.2, 0) is 31.8 Å². The maximum absolute atomic E-state index is 15.0. The molecule has 1 fully saturated rings. The summed E-state index contributed by atoms with van der Waals surface area (Å²) in [6, 6.07) is 10.7. The summed E-state index contributed by atoms with van der Waals surface area (Å²) in [5.41, 5.74) is 6.06. The Bertz CT molecular complexity index is 1800. The van der Waals surface area contributed by atoms with Gasteiger partial charge in [-0.15, -0.1) is 0 Å². The highest BCUT2D eigenvalue weighted by atomic mass is 32.1. The highest BCUT2D eigenvalue weighted by molar-refractivity contribution is 7.08. The number of ether oxygens (including phenoxy) is 7. The molecule has 0 saturated carbocycles. The Kier molecular flexibility index (Phi) is 12.9. The molecule has 6 atom stereocenters. The standard InChI is InChI=1S/C43H56N2O9S/c1-6-27-25-44-10-7-28-19-37(48-2)39(50-4)23-33(28)35(44)17-31(27)18-36-34-24-40(51-5)38(49-3)20-29(34)8-11-45(36)43(47)41-21-32(30-9-16-55-26-30)22-42(54-41)53-15-14-52-13-12-46/h9,16,19-21,23-24,26-27,31-32,35-36,42,46H,6-8,10-15,17-18,22,25H2,1-5H3/t27-,31+,32-,35-,36+,42+/m0/s1. The number of allylic oxidation sites excluding steroid dienone is 1. The molecule has 1 aromatic heterocycles. The lowest BCUT2D eigenvalue weighted by Crippen LogP contribution is -2.48. The number of rotatable bonds is 15. The topological polar surface area (TPSA) is 108 Å². The fourth-order valence-electron chi connectivity index (χ4n) is 9.24. The van der Waals surface area contributed by atoms with Crippen LogP contribution in [0.1, 0.15) is 78.4 Å². The minimum Gasteiger partial charge on any atom is -0.493 e. The van der Waals surface area contributed by atoms with Crippen molar-refractivity contribution < 1.29 is 43.1 Å². The Morgan fingerprint density at radius 3 is 2.24 bits per heavy atom. The maximum atomic E-state index is 15.0. The first kappa shape index (κ1) is 39.4. The van der Waals surface area contributed by atoms with Crippen LogP contribution in [0.5, 0.6) is 23.0 Å². The van der Waals surface area contributed by atoms with Crippen LogP contribution < -0.4 is 18.9 Å². The van der Waals surface area contributed by atoms with E-state index in [0.717, 1.165) is 61.4 Å². The number of aliphatic hydroxyl groups is 1. The number of aliphatic hydroxyl groups excluding tert-OH is 1. The molecule has 7 rings (SSSR count). The van der Waals surface area contributed by atoms with Crippen LogP contribution in [0, 0.1) is 11.8 Å². The van der Waals surface area contributed by atoms with Crippen molar-refractivity contribution in [2.45, 2.75) is 69.7 Å². The number of piperidine rings is 1. The average molecular weight is 777 g/mol. The van der Waals surface area contributed by atoms with Crippen LogP contribution in [0.3, 0.4) is 0 Å². The molecule has 1 saturated heterocycles. The summed E-state index contributed by atoms with van der Waals surface area (Å²) in [6.07, 6.45) is 6.49. The molecule has 1 N–H and O–H groups in total. The van der Waals surface area contributed by atoms with Crippen LogP contribution >= 0.6 is 11.3 Å². The fraction of sp³-hybridized carbons (Fsp3) is 0.558. The highest BCUT2D eigenvalue weighted by Crippen LogP contribution is 2.50. The summed E-state index contributed by atoms with van der Waals surface area (Å²) in [7, 11) is 6.73. The zero-order valence-electron chi connectivity index (χ0n) is 32.8. The van der Waals surface area contributed by atoms with Gasteiger partial charge < -0.3 is 43.2 Å². The lowest BCUT2D eigenvalue weighted by atomic mass is 9.72. The second-order valence-electron chi connectivity index (χ2n) is 14.9. The van der Waals surface area contributed by atoms with E-state index >= 15 is 0 Å². The van der Waals surface area contributed by atoms with Gasteiger partial charge in [-0.05, 0) is 113 Å². The summed E-state index contributed by atoms with van der Waals surface area (Å²) in [4.78, 5) is 19.7. The van der Waals surface area contributed by atoms with Crippen molar-refractivity contribution in [2.75, 3.05) is 74.5 Å². The minimum atomic E-state index is -0.609. The average Bonchev–Trinajstić information content (AvgIpc) is 3.77. The molecule has 0 radical (unpaired) electrons. The van der Waals surface area contributed by atoms with Crippen molar-refractivity contribution in [3.8, 4) is 23.0 Å². The van der Waals surface area contributed by atoms with Gasteiger partial charge in [-0.3, -0.25) is 9.69 Å². The molecule has 0 unspecified atom stereocenters. The first-order valence-corrected chi connectivity index (χ1v) is 20.6. The first-order valence-electron chi connectivity index (χ1n) is 19.6. The predicted molar refractivity (Wildman–Crippen MR) is 210 cm³/mol. The first-order chi connectivity index (χ1) is 26.9. The Morgan fingerprint density at radius 2 is 1.56 bits per heavy atom.